The highest BCUT2D eigenvalue weighted by atomic mass is 16.1. The van der Waals surface area contributed by atoms with Crippen LogP contribution in [0.25, 0.3) is 6.08 Å². The number of amides is 1. The summed E-state index contributed by atoms with van der Waals surface area (Å²) in [5.74, 6) is -0.411. The molecule has 0 saturated heterocycles. The predicted molar refractivity (Wildman–Crippen MR) is 89.0 cm³/mol. The Kier molecular flexibility index (Phi) is 5.28. The summed E-state index contributed by atoms with van der Waals surface area (Å²) < 4.78 is 0. The molecule has 0 unspecified atom stereocenters. The molecule has 2 aromatic rings. The van der Waals surface area contributed by atoms with Crippen molar-refractivity contribution >= 4 is 17.7 Å². The molecule has 0 atom stereocenters. The number of nitrogens with zero attached hydrogens (tertiary/aromatic N) is 1. The lowest BCUT2D eigenvalue weighted by atomic mass is 10.2. The van der Waals surface area contributed by atoms with Crippen molar-refractivity contribution in [1.29, 1.82) is 5.26 Å². The highest BCUT2D eigenvalue weighted by Crippen LogP contribution is 2.11. The van der Waals surface area contributed by atoms with E-state index < -0.39 is 5.91 Å². The first-order valence-corrected chi connectivity index (χ1v) is 6.90. The van der Waals surface area contributed by atoms with Crippen LogP contribution in [-0.2, 0) is 4.79 Å². The molecule has 0 spiro atoms. The molecule has 3 nitrogen and oxygen atoms in total. The van der Waals surface area contributed by atoms with Crippen LogP contribution >= 0.6 is 0 Å². The highest BCUT2D eigenvalue weighted by Gasteiger charge is 2.07. The minimum atomic E-state index is -0.411. The van der Waals surface area contributed by atoms with Gasteiger partial charge in [-0.05, 0) is 36.3 Å². The minimum Gasteiger partial charge on any atom is -0.321 e. The maximum atomic E-state index is 12.1. The van der Waals surface area contributed by atoms with Crippen LogP contribution in [0.15, 0.2) is 72.3 Å². The van der Waals surface area contributed by atoms with E-state index in [0.717, 1.165) is 11.1 Å². The first-order valence-electron chi connectivity index (χ1n) is 6.90. The zero-order valence-electron chi connectivity index (χ0n) is 12.3. The number of allylic oxidation sites excluding steroid dienone is 2. The van der Waals surface area contributed by atoms with Crippen LogP contribution in [-0.4, -0.2) is 5.91 Å². The van der Waals surface area contributed by atoms with E-state index in [1.165, 1.54) is 6.08 Å². The van der Waals surface area contributed by atoms with Gasteiger partial charge in [0, 0.05) is 5.69 Å². The van der Waals surface area contributed by atoms with Gasteiger partial charge in [-0.2, -0.15) is 5.26 Å². The number of nitrogens with one attached hydrogen (secondary N) is 1. The number of hydrogen-bond donors (Lipinski definition) is 1. The van der Waals surface area contributed by atoms with E-state index in [1.807, 2.05) is 67.6 Å². The fourth-order valence-electron chi connectivity index (χ4n) is 1.90. The van der Waals surface area contributed by atoms with Crippen LogP contribution in [0.5, 0.6) is 0 Å². The van der Waals surface area contributed by atoms with Crippen molar-refractivity contribution in [2.75, 3.05) is 5.32 Å². The standard InChI is InChI=1S/C19H16N2O/c1-15-7-5-12-18(13-15)21-19(22)17(14-20)11-6-10-16-8-3-2-4-9-16/h2-13H,1H3,(H,21,22)/b10-6+,17-11+. The molecule has 0 bridgehead atoms. The second-order valence-electron chi connectivity index (χ2n) is 4.79. The Bertz CT molecular complexity index is 753. The number of carbonyl (C=O) groups is 1. The van der Waals surface area contributed by atoms with Crippen molar-refractivity contribution in [3.05, 3.63) is 83.4 Å². The molecular weight excluding hydrogens is 272 g/mol. The van der Waals surface area contributed by atoms with Crippen molar-refractivity contribution in [2.24, 2.45) is 0 Å². The molecule has 0 fully saturated rings. The molecule has 0 saturated carbocycles. The van der Waals surface area contributed by atoms with Gasteiger partial charge in [-0.1, -0.05) is 54.6 Å². The van der Waals surface area contributed by atoms with Crippen molar-refractivity contribution in [3.8, 4) is 6.07 Å². The molecule has 2 rings (SSSR count). The van der Waals surface area contributed by atoms with E-state index in [4.69, 9.17) is 5.26 Å². The average molecular weight is 288 g/mol. The van der Waals surface area contributed by atoms with Crippen molar-refractivity contribution in [1.82, 2.24) is 0 Å². The average Bonchev–Trinajstić information content (AvgIpc) is 2.52. The molecule has 1 N–H and O–H groups in total. The number of rotatable bonds is 4. The SMILES string of the molecule is Cc1cccc(NC(=O)/C(C#N)=C/C=C/c2ccccc2)c1. The third-order valence-electron chi connectivity index (χ3n) is 2.99. The third kappa shape index (κ3) is 4.46. The van der Waals surface area contributed by atoms with E-state index in [9.17, 15) is 4.79 Å². The van der Waals surface area contributed by atoms with Gasteiger partial charge in [0.1, 0.15) is 11.6 Å². The van der Waals surface area contributed by atoms with Gasteiger partial charge in [0.25, 0.3) is 5.91 Å². The second-order valence-corrected chi connectivity index (χ2v) is 4.79. The summed E-state index contributed by atoms with van der Waals surface area (Å²) in [6.45, 7) is 1.94. The van der Waals surface area contributed by atoms with Gasteiger partial charge in [0.05, 0.1) is 0 Å². The van der Waals surface area contributed by atoms with Crippen LogP contribution < -0.4 is 5.32 Å². The largest absolute Gasteiger partial charge is 0.321 e. The Morgan fingerprint density at radius 1 is 1.14 bits per heavy atom. The van der Waals surface area contributed by atoms with Gasteiger partial charge in [0.2, 0.25) is 0 Å². The number of carbonyl (C=O) groups excluding carboxylic acids is 1. The molecule has 0 aliphatic rings. The second kappa shape index (κ2) is 7.61. The van der Waals surface area contributed by atoms with Crippen molar-refractivity contribution in [3.63, 3.8) is 0 Å². The van der Waals surface area contributed by atoms with E-state index in [1.54, 1.807) is 12.1 Å². The lowest BCUT2D eigenvalue weighted by molar-refractivity contribution is -0.112. The Hall–Kier alpha value is -3.12. The molecule has 0 radical (unpaired) electrons. The summed E-state index contributed by atoms with van der Waals surface area (Å²) in [7, 11) is 0. The quantitative estimate of drug-likeness (QED) is 0.523. The van der Waals surface area contributed by atoms with E-state index >= 15 is 0 Å². The van der Waals surface area contributed by atoms with E-state index in [0.29, 0.717) is 5.69 Å². The monoisotopic (exact) mass is 288 g/mol. The highest BCUT2D eigenvalue weighted by molar-refractivity contribution is 6.06. The van der Waals surface area contributed by atoms with Crippen molar-refractivity contribution < 1.29 is 4.79 Å². The topological polar surface area (TPSA) is 52.9 Å². The first-order chi connectivity index (χ1) is 10.7. The maximum absolute atomic E-state index is 12.1. The van der Waals surface area contributed by atoms with Crippen LogP contribution in [0.1, 0.15) is 11.1 Å². The van der Waals surface area contributed by atoms with Gasteiger partial charge < -0.3 is 5.32 Å². The molecule has 0 aliphatic carbocycles. The normalized spacial score (nSPS) is 11.2. The van der Waals surface area contributed by atoms with Crippen LogP contribution in [0.3, 0.4) is 0 Å². The molecule has 2 aromatic carbocycles. The smallest absolute Gasteiger partial charge is 0.266 e. The van der Waals surface area contributed by atoms with E-state index in [2.05, 4.69) is 5.32 Å². The first kappa shape index (κ1) is 15.3. The lowest BCUT2D eigenvalue weighted by Gasteiger charge is -2.04. The number of anilines is 1. The number of nitriles is 1. The fraction of sp³-hybridized carbons (Fsp3) is 0.0526. The zero-order chi connectivity index (χ0) is 15.8. The molecule has 1 amide bonds. The van der Waals surface area contributed by atoms with Gasteiger partial charge in [0.15, 0.2) is 0 Å². The van der Waals surface area contributed by atoms with Gasteiger partial charge in [-0.25, -0.2) is 0 Å². The molecule has 108 valence electrons. The van der Waals surface area contributed by atoms with Crippen LogP contribution in [0.4, 0.5) is 5.69 Å². The van der Waals surface area contributed by atoms with Crippen LogP contribution in [0.2, 0.25) is 0 Å². The Morgan fingerprint density at radius 3 is 2.59 bits per heavy atom. The molecular formula is C19H16N2O. The summed E-state index contributed by atoms with van der Waals surface area (Å²) in [5, 5.41) is 11.8. The Morgan fingerprint density at radius 2 is 1.91 bits per heavy atom. The molecule has 3 heteroatoms. The minimum absolute atomic E-state index is 0.0636. The van der Waals surface area contributed by atoms with E-state index in [-0.39, 0.29) is 5.57 Å². The van der Waals surface area contributed by atoms with Gasteiger partial charge >= 0.3 is 0 Å². The van der Waals surface area contributed by atoms with Gasteiger partial charge in [-0.15, -0.1) is 0 Å². The number of hydrogen-bond acceptors (Lipinski definition) is 2. The summed E-state index contributed by atoms with van der Waals surface area (Å²) in [6, 6.07) is 19.1. The molecule has 0 aliphatic heterocycles. The lowest BCUT2D eigenvalue weighted by Crippen LogP contribution is -2.13. The Balaban J connectivity index is 2.07. The summed E-state index contributed by atoms with van der Waals surface area (Å²) in [6.07, 6.45) is 5.05. The summed E-state index contributed by atoms with van der Waals surface area (Å²) in [4.78, 5) is 12.1. The van der Waals surface area contributed by atoms with Crippen LogP contribution in [0, 0.1) is 18.3 Å². The zero-order valence-corrected chi connectivity index (χ0v) is 12.3. The predicted octanol–water partition coefficient (Wildman–Crippen LogP) is 4.10. The fourth-order valence-corrected chi connectivity index (χ4v) is 1.90. The van der Waals surface area contributed by atoms with Gasteiger partial charge in [-0.3, -0.25) is 4.79 Å². The maximum Gasteiger partial charge on any atom is 0.266 e. The molecule has 0 heterocycles. The molecule has 22 heavy (non-hydrogen) atoms. The third-order valence-corrected chi connectivity index (χ3v) is 2.99. The number of benzene rings is 2. The molecule has 0 aromatic heterocycles. The van der Waals surface area contributed by atoms with Crippen molar-refractivity contribution in [2.45, 2.75) is 6.92 Å². The number of aryl methyl sites for hydroxylation is 1. The Labute approximate surface area is 130 Å². The summed E-state index contributed by atoms with van der Waals surface area (Å²) >= 11 is 0. The summed E-state index contributed by atoms with van der Waals surface area (Å²) in [5.41, 5.74) is 2.80.